The van der Waals surface area contributed by atoms with Gasteiger partial charge in [0.1, 0.15) is 0 Å². The molecule has 1 aliphatic heterocycles. The largest absolute Gasteiger partial charge is 0.341 e. The molecule has 2 fully saturated rings. The van der Waals surface area contributed by atoms with Crippen molar-refractivity contribution < 1.29 is 4.79 Å². The van der Waals surface area contributed by atoms with Crippen LogP contribution in [0.25, 0.3) is 0 Å². The molecular formula is C15H18Cl2N2O. The molecule has 1 heterocycles. The molecule has 0 aromatic heterocycles. The average Bonchev–Trinajstić information content (AvgIpc) is 3.17. The lowest BCUT2D eigenvalue weighted by Gasteiger charge is -2.31. The quantitative estimate of drug-likeness (QED) is 0.912. The van der Waals surface area contributed by atoms with Gasteiger partial charge in [0.05, 0.1) is 0 Å². The Labute approximate surface area is 129 Å². The number of nitrogens with zero attached hydrogens (tertiary/aromatic N) is 1. The Balaban J connectivity index is 1.67. The zero-order valence-corrected chi connectivity index (χ0v) is 12.7. The van der Waals surface area contributed by atoms with E-state index in [1.54, 1.807) is 6.07 Å². The van der Waals surface area contributed by atoms with E-state index in [0.717, 1.165) is 31.4 Å². The highest BCUT2D eigenvalue weighted by atomic mass is 35.5. The molecule has 3 nitrogen and oxygen atoms in total. The van der Waals surface area contributed by atoms with Crippen molar-refractivity contribution in [3.8, 4) is 0 Å². The highest BCUT2D eigenvalue weighted by Gasteiger charge is 2.46. The molecular weight excluding hydrogens is 295 g/mol. The lowest BCUT2D eigenvalue weighted by Crippen LogP contribution is -2.46. The van der Waals surface area contributed by atoms with Crippen LogP contribution >= 0.6 is 23.2 Å². The fraction of sp³-hybridized carbons (Fsp3) is 0.533. The van der Waals surface area contributed by atoms with E-state index in [9.17, 15) is 4.79 Å². The molecule has 0 spiro atoms. The molecule has 108 valence electrons. The van der Waals surface area contributed by atoms with Gasteiger partial charge in [-0.15, -0.1) is 0 Å². The summed E-state index contributed by atoms with van der Waals surface area (Å²) in [6.45, 7) is 1.53. The first-order valence-electron chi connectivity index (χ1n) is 7.05. The summed E-state index contributed by atoms with van der Waals surface area (Å²) in [5.74, 6) is 0.577. The first-order chi connectivity index (χ1) is 9.54. The number of amides is 1. The summed E-state index contributed by atoms with van der Waals surface area (Å²) in [4.78, 5) is 14.4. The third-order valence-corrected chi connectivity index (χ3v) is 4.63. The van der Waals surface area contributed by atoms with E-state index in [4.69, 9.17) is 28.9 Å². The average molecular weight is 313 g/mol. The maximum atomic E-state index is 12.5. The smallest absolute Gasteiger partial charge is 0.226 e. The number of piperidine rings is 1. The van der Waals surface area contributed by atoms with Gasteiger partial charge in [-0.3, -0.25) is 4.79 Å². The van der Waals surface area contributed by atoms with Gasteiger partial charge in [-0.25, -0.2) is 0 Å². The van der Waals surface area contributed by atoms with Crippen LogP contribution in [0.5, 0.6) is 0 Å². The summed E-state index contributed by atoms with van der Waals surface area (Å²) in [6.07, 6.45) is 2.91. The second kappa shape index (κ2) is 5.55. The minimum Gasteiger partial charge on any atom is -0.341 e. The molecule has 20 heavy (non-hydrogen) atoms. The topological polar surface area (TPSA) is 46.3 Å². The number of hydrogen-bond donors (Lipinski definition) is 1. The molecule has 0 radical (unpaired) electrons. The molecule has 1 amide bonds. The molecule has 3 atom stereocenters. The Hall–Kier alpha value is -0.770. The highest BCUT2D eigenvalue weighted by Crippen LogP contribution is 2.49. The maximum Gasteiger partial charge on any atom is 0.226 e. The third-order valence-electron chi connectivity index (χ3n) is 4.19. The lowest BCUT2D eigenvalue weighted by molar-refractivity contribution is -0.133. The normalized spacial score (nSPS) is 29.4. The van der Waals surface area contributed by atoms with Crippen molar-refractivity contribution in [2.24, 2.45) is 11.7 Å². The van der Waals surface area contributed by atoms with Crippen LogP contribution in [0.4, 0.5) is 0 Å². The minimum absolute atomic E-state index is 0.0785. The number of rotatable bonds is 2. The summed E-state index contributed by atoms with van der Waals surface area (Å²) >= 11 is 12.0. The Bertz CT molecular complexity index is 514. The number of carbonyl (C=O) groups is 1. The molecule has 2 aliphatic rings. The number of likely N-dealkylation sites (tertiary alicyclic amines) is 1. The van der Waals surface area contributed by atoms with Gasteiger partial charge < -0.3 is 10.6 Å². The molecule has 1 aromatic rings. The van der Waals surface area contributed by atoms with Crippen molar-refractivity contribution in [1.82, 2.24) is 4.90 Å². The molecule has 1 aromatic carbocycles. The van der Waals surface area contributed by atoms with Crippen molar-refractivity contribution in [2.45, 2.75) is 31.2 Å². The number of nitrogens with two attached hydrogens (primary N) is 1. The van der Waals surface area contributed by atoms with E-state index in [2.05, 4.69) is 0 Å². The standard InChI is InChI=1S/C15H18Cl2N2O/c16-10-4-9(5-11(17)6-10)13-7-14(13)15(20)19-3-1-2-12(18)8-19/h4-6,12-14H,1-3,7-8,18H2. The van der Waals surface area contributed by atoms with Crippen LogP contribution in [0, 0.1) is 5.92 Å². The van der Waals surface area contributed by atoms with E-state index >= 15 is 0 Å². The molecule has 1 saturated carbocycles. The fourth-order valence-electron chi connectivity index (χ4n) is 3.07. The van der Waals surface area contributed by atoms with Crippen LogP contribution in [-0.2, 0) is 4.79 Å². The van der Waals surface area contributed by atoms with Gasteiger partial charge in [0, 0.05) is 35.1 Å². The monoisotopic (exact) mass is 312 g/mol. The summed E-state index contributed by atoms with van der Waals surface area (Å²) in [5, 5.41) is 1.26. The van der Waals surface area contributed by atoms with Crippen LogP contribution in [0.15, 0.2) is 18.2 Å². The lowest BCUT2D eigenvalue weighted by atomic mass is 10.0. The van der Waals surface area contributed by atoms with Crippen LogP contribution in [0.3, 0.4) is 0 Å². The van der Waals surface area contributed by atoms with Crippen molar-refractivity contribution in [3.63, 3.8) is 0 Å². The number of carbonyl (C=O) groups excluding carboxylic acids is 1. The van der Waals surface area contributed by atoms with Crippen LogP contribution in [-0.4, -0.2) is 29.9 Å². The summed E-state index contributed by atoms with van der Waals surface area (Å²) in [6, 6.07) is 5.67. The minimum atomic E-state index is 0.0785. The zero-order chi connectivity index (χ0) is 14.3. The SMILES string of the molecule is NC1CCCN(C(=O)C2CC2c2cc(Cl)cc(Cl)c2)C1. The zero-order valence-electron chi connectivity index (χ0n) is 11.2. The van der Waals surface area contributed by atoms with E-state index in [-0.39, 0.29) is 23.8 Å². The molecule has 3 unspecified atom stereocenters. The van der Waals surface area contributed by atoms with Crippen molar-refractivity contribution >= 4 is 29.1 Å². The van der Waals surface area contributed by atoms with Gasteiger partial charge in [0.2, 0.25) is 5.91 Å². The van der Waals surface area contributed by atoms with Crippen molar-refractivity contribution in [1.29, 1.82) is 0 Å². The second-order valence-corrected chi connectivity index (χ2v) is 6.71. The van der Waals surface area contributed by atoms with E-state index in [1.165, 1.54) is 0 Å². The van der Waals surface area contributed by atoms with Crippen molar-refractivity contribution in [2.75, 3.05) is 13.1 Å². The molecule has 1 aliphatic carbocycles. The number of halogens is 2. The van der Waals surface area contributed by atoms with Gasteiger partial charge in [-0.05, 0) is 48.9 Å². The Kier molecular flexibility index (Phi) is 3.93. The second-order valence-electron chi connectivity index (χ2n) is 5.84. The summed E-state index contributed by atoms with van der Waals surface area (Å²) in [7, 11) is 0. The number of benzene rings is 1. The van der Waals surface area contributed by atoms with Crippen LogP contribution in [0.1, 0.15) is 30.7 Å². The molecule has 3 rings (SSSR count). The molecule has 0 bridgehead atoms. The Morgan fingerprint density at radius 1 is 1.25 bits per heavy atom. The van der Waals surface area contributed by atoms with Gasteiger partial charge >= 0.3 is 0 Å². The molecule has 1 saturated heterocycles. The van der Waals surface area contributed by atoms with Gasteiger partial charge in [-0.1, -0.05) is 23.2 Å². The summed E-state index contributed by atoms with van der Waals surface area (Å²) in [5.41, 5.74) is 7.01. The van der Waals surface area contributed by atoms with Gasteiger partial charge in [0.15, 0.2) is 0 Å². The van der Waals surface area contributed by atoms with Crippen molar-refractivity contribution in [3.05, 3.63) is 33.8 Å². The van der Waals surface area contributed by atoms with Crippen LogP contribution in [0.2, 0.25) is 10.0 Å². The molecule has 5 heteroatoms. The number of hydrogen-bond acceptors (Lipinski definition) is 2. The van der Waals surface area contributed by atoms with Crippen LogP contribution < -0.4 is 5.73 Å². The summed E-state index contributed by atoms with van der Waals surface area (Å²) < 4.78 is 0. The van der Waals surface area contributed by atoms with E-state index < -0.39 is 0 Å². The third kappa shape index (κ3) is 2.95. The van der Waals surface area contributed by atoms with Gasteiger partial charge in [-0.2, -0.15) is 0 Å². The Morgan fingerprint density at radius 3 is 2.60 bits per heavy atom. The highest BCUT2D eigenvalue weighted by molar-refractivity contribution is 6.34. The fourth-order valence-corrected chi connectivity index (χ4v) is 3.61. The Morgan fingerprint density at radius 2 is 1.95 bits per heavy atom. The first-order valence-corrected chi connectivity index (χ1v) is 7.80. The predicted molar refractivity (Wildman–Crippen MR) is 81.1 cm³/mol. The predicted octanol–water partition coefficient (Wildman–Crippen LogP) is 3.05. The first kappa shape index (κ1) is 14.2. The maximum absolute atomic E-state index is 12.5. The van der Waals surface area contributed by atoms with E-state index in [0.29, 0.717) is 16.6 Å². The van der Waals surface area contributed by atoms with E-state index in [1.807, 2.05) is 17.0 Å². The van der Waals surface area contributed by atoms with Gasteiger partial charge in [0.25, 0.3) is 0 Å². The molecule has 2 N–H and O–H groups in total.